The third-order valence-electron chi connectivity index (χ3n) is 4.07. The summed E-state index contributed by atoms with van der Waals surface area (Å²) in [5.41, 5.74) is 1.26. The maximum atomic E-state index is 11.9. The molecule has 2 aromatic carbocycles. The van der Waals surface area contributed by atoms with Crippen LogP contribution in [0, 0.1) is 10.1 Å². The second-order valence-electron chi connectivity index (χ2n) is 5.92. The average molecular weight is 371 g/mol. The molecule has 8 heteroatoms. The minimum atomic E-state index is -0.845. The Kier molecular flexibility index (Phi) is 7.45. The van der Waals surface area contributed by atoms with Crippen molar-refractivity contribution < 1.29 is 19.6 Å². The van der Waals surface area contributed by atoms with E-state index >= 15 is 0 Å². The number of anilines is 1. The molecule has 0 aliphatic rings. The number of carbonyl (C=O) groups excluding carboxylic acids is 2. The molecule has 0 heterocycles. The number of nitro benzene ring substituents is 1. The zero-order valence-corrected chi connectivity index (χ0v) is 14.6. The predicted molar refractivity (Wildman–Crippen MR) is 100 cm³/mol. The van der Waals surface area contributed by atoms with Crippen LogP contribution in [0.1, 0.15) is 24.3 Å². The van der Waals surface area contributed by atoms with Crippen molar-refractivity contribution in [1.29, 1.82) is 0 Å². The lowest BCUT2D eigenvalue weighted by atomic mass is 9.93. The van der Waals surface area contributed by atoms with Gasteiger partial charge in [-0.05, 0) is 36.5 Å². The average Bonchev–Trinajstić information content (AvgIpc) is 2.68. The number of benzene rings is 2. The van der Waals surface area contributed by atoms with E-state index in [0.29, 0.717) is 18.5 Å². The molecule has 142 valence electrons. The van der Waals surface area contributed by atoms with Crippen molar-refractivity contribution in [3.8, 4) is 0 Å². The van der Waals surface area contributed by atoms with Crippen LogP contribution in [-0.4, -0.2) is 35.0 Å². The van der Waals surface area contributed by atoms with Crippen molar-refractivity contribution in [3.05, 3.63) is 70.3 Å². The zero-order valence-electron chi connectivity index (χ0n) is 14.6. The van der Waals surface area contributed by atoms with E-state index in [1.165, 1.54) is 24.3 Å². The Balaban J connectivity index is 1.83. The van der Waals surface area contributed by atoms with Crippen molar-refractivity contribution in [1.82, 2.24) is 5.32 Å². The van der Waals surface area contributed by atoms with Crippen LogP contribution in [0.25, 0.3) is 0 Å². The van der Waals surface area contributed by atoms with Crippen LogP contribution >= 0.6 is 0 Å². The first-order valence-electron chi connectivity index (χ1n) is 8.50. The Morgan fingerprint density at radius 3 is 2.26 bits per heavy atom. The first kappa shape index (κ1) is 20.1. The topological polar surface area (TPSA) is 122 Å². The highest BCUT2D eigenvalue weighted by molar-refractivity contribution is 6.39. The number of carbonyl (C=O) groups is 2. The minimum Gasteiger partial charge on any atom is -0.396 e. The number of aliphatic hydroxyl groups is 1. The van der Waals surface area contributed by atoms with Crippen LogP contribution in [-0.2, 0) is 9.59 Å². The molecule has 2 rings (SSSR count). The minimum absolute atomic E-state index is 0.0359. The normalized spacial score (nSPS) is 11.4. The van der Waals surface area contributed by atoms with Crippen molar-refractivity contribution in [3.63, 3.8) is 0 Å². The second-order valence-corrected chi connectivity index (χ2v) is 5.92. The third-order valence-corrected chi connectivity index (χ3v) is 4.07. The fourth-order valence-electron chi connectivity index (χ4n) is 2.65. The number of nitrogens with zero attached hydrogens (tertiary/aromatic N) is 1. The monoisotopic (exact) mass is 371 g/mol. The number of amides is 2. The van der Waals surface area contributed by atoms with Crippen LogP contribution in [0.2, 0.25) is 0 Å². The fraction of sp³-hybridized carbons (Fsp3) is 0.263. The molecule has 1 atom stereocenters. The molecule has 3 N–H and O–H groups in total. The second kappa shape index (κ2) is 10.0. The highest BCUT2D eigenvalue weighted by Gasteiger charge is 2.16. The first-order valence-corrected chi connectivity index (χ1v) is 8.50. The van der Waals surface area contributed by atoms with Gasteiger partial charge in [0.15, 0.2) is 0 Å². The van der Waals surface area contributed by atoms with Gasteiger partial charge in [0.25, 0.3) is 5.69 Å². The number of hydrogen-bond acceptors (Lipinski definition) is 5. The molecule has 0 bridgehead atoms. The van der Waals surface area contributed by atoms with Gasteiger partial charge >= 0.3 is 11.8 Å². The summed E-state index contributed by atoms with van der Waals surface area (Å²) >= 11 is 0. The van der Waals surface area contributed by atoms with E-state index in [1.807, 2.05) is 30.3 Å². The summed E-state index contributed by atoms with van der Waals surface area (Å²) in [7, 11) is 0. The smallest absolute Gasteiger partial charge is 0.313 e. The van der Waals surface area contributed by atoms with Crippen LogP contribution in [0.15, 0.2) is 54.6 Å². The summed E-state index contributed by atoms with van der Waals surface area (Å²) in [5.74, 6) is -1.55. The molecule has 0 fully saturated rings. The number of non-ortho nitro benzene ring substituents is 1. The Bertz CT molecular complexity index is 778. The molecular weight excluding hydrogens is 350 g/mol. The van der Waals surface area contributed by atoms with E-state index in [2.05, 4.69) is 10.6 Å². The Morgan fingerprint density at radius 1 is 1.00 bits per heavy atom. The SMILES string of the molecule is O=C(NCCC(CCO)c1ccccc1)C(=O)Nc1ccc([N+](=O)[O-])cc1. The number of nitrogens with one attached hydrogen (secondary N) is 2. The maximum absolute atomic E-state index is 11.9. The van der Waals surface area contributed by atoms with E-state index in [0.717, 1.165) is 5.56 Å². The number of hydrogen-bond donors (Lipinski definition) is 3. The summed E-state index contributed by atoms with van der Waals surface area (Å²) < 4.78 is 0. The molecule has 0 aliphatic carbocycles. The summed E-state index contributed by atoms with van der Waals surface area (Å²) in [5, 5.41) is 24.8. The maximum Gasteiger partial charge on any atom is 0.313 e. The van der Waals surface area contributed by atoms with Crippen LogP contribution < -0.4 is 10.6 Å². The Labute approximate surface area is 156 Å². The molecule has 1 unspecified atom stereocenters. The molecule has 8 nitrogen and oxygen atoms in total. The van der Waals surface area contributed by atoms with Gasteiger partial charge in [-0.1, -0.05) is 30.3 Å². The number of rotatable bonds is 8. The fourth-order valence-corrected chi connectivity index (χ4v) is 2.65. The highest BCUT2D eigenvalue weighted by atomic mass is 16.6. The molecule has 2 aromatic rings. The van der Waals surface area contributed by atoms with Gasteiger partial charge in [-0.15, -0.1) is 0 Å². The highest BCUT2D eigenvalue weighted by Crippen LogP contribution is 2.22. The molecule has 0 spiro atoms. The van der Waals surface area contributed by atoms with Gasteiger partial charge in [-0.25, -0.2) is 0 Å². The predicted octanol–water partition coefficient (Wildman–Crippen LogP) is 2.21. The summed E-state index contributed by atoms with van der Waals surface area (Å²) in [6.07, 6.45) is 1.15. The summed E-state index contributed by atoms with van der Waals surface area (Å²) in [4.78, 5) is 33.9. The van der Waals surface area contributed by atoms with Gasteiger partial charge in [0.2, 0.25) is 0 Å². The van der Waals surface area contributed by atoms with Crippen molar-refractivity contribution in [2.24, 2.45) is 0 Å². The largest absolute Gasteiger partial charge is 0.396 e. The zero-order chi connectivity index (χ0) is 19.6. The lowest BCUT2D eigenvalue weighted by Gasteiger charge is -2.16. The van der Waals surface area contributed by atoms with Gasteiger partial charge < -0.3 is 15.7 Å². The molecule has 0 radical (unpaired) electrons. The quantitative estimate of drug-likeness (QED) is 0.373. The van der Waals surface area contributed by atoms with Gasteiger partial charge in [-0.3, -0.25) is 19.7 Å². The Hall–Kier alpha value is -3.26. The van der Waals surface area contributed by atoms with Crippen LogP contribution in [0.3, 0.4) is 0 Å². The lowest BCUT2D eigenvalue weighted by molar-refractivity contribution is -0.384. The molecule has 2 amide bonds. The van der Waals surface area contributed by atoms with E-state index in [-0.39, 0.29) is 24.8 Å². The lowest BCUT2D eigenvalue weighted by Crippen LogP contribution is -2.36. The summed E-state index contributed by atoms with van der Waals surface area (Å²) in [6, 6.07) is 14.9. The standard InChI is InChI=1S/C19H21N3O5/c23-13-11-15(14-4-2-1-3-5-14)10-12-20-18(24)19(25)21-16-6-8-17(9-7-16)22(26)27/h1-9,15,23H,10-13H2,(H,20,24)(H,21,25). The van der Waals surface area contributed by atoms with E-state index in [4.69, 9.17) is 0 Å². The molecule has 0 aromatic heterocycles. The van der Waals surface area contributed by atoms with E-state index in [9.17, 15) is 24.8 Å². The third kappa shape index (κ3) is 6.19. The molecule has 27 heavy (non-hydrogen) atoms. The molecule has 0 saturated carbocycles. The van der Waals surface area contributed by atoms with Gasteiger partial charge in [0.05, 0.1) is 4.92 Å². The molecular formula is C19H21N3O5. The summed E-state index contributed by atoms with van der Waals surface area (Å²) in [6.45, 7) is 0.320. The van der Waals surface area contributed by atoms with Crippen LogP contribution in [0.4, 0.5) is 11.4 Å². The first-order chi connectivity index (χ1) is 13.0. The van der Waals surface area contributed by atoms with Crippen LogP contribution in [0.5, 0.6) is 0 Å². The van der Waals surface area contributed by atoms with Gasteiger partial charge in [0, 0.05) is 31.0 Å². The number of aliphatic hydroxyl groups excluding tert-OH is 1. The van der Waals surface area contributed by atoms with Gasteiger partial charge in [-0.2, -0.15) is 0 Å². The van der Waals surface area contributed by atoms with E-state index in [1.54, 1.807) is 0 Å². The molecule has 0 saturated heterocycles. The van der Waals surface area contributed by atoms with Crippen molar-refractivity contribution >= 4 is 23.2 Å². The van der Waals surface area contributed by atoms with E-state index < -0.39 is 16.7 Å². The Morgan fingerprint density at radius 2 is 1.67 bits per heavy atom. The molecule has 0 aliphatic heterocycles. The van der Waals surface area contributed by atoms with Crippen molar-refractivity contribution in [2.45, 2.75) is 18.8 Å². The number of nitro groups is 1. The van der Waals surface area contributed by atoms with Gasteiger partial charge in [0.1, 0.15) is 0 Å². The van der Waals surface area contributed by atoms with Crippen molar-refractivity contribution in [2.75, 3.05) is 18.5 Å².